The van der Waals surface area contributed by atoms with Crippen molar-refractivity contribution < 1.29 is 4.79 Å². The summed E-state index contributed by atoms with van der Waals surface area (Å²) in [6.07, 6.45) is 5.26. The van der Waals surface area contributed by atoms with Crippen LogP contribution < -0.4 is 5.32 Å². The van der Waals surface area contributed by atoms with E-state index in [1.54, 1.807) is 11.3 Å². The summed E-state index contributed by atoms with van der Waals surface area (Å²) in [6, 6.07) is 2.04. The van der Waals surface area contributed by atoms with Crippen LogP contribution in [0.5, 0.6) is 0 Å². The number of hydrogen-bond donors (Lipinski definition) is 1. The van der Waals surface area contributed by atoms with E-state index in [2.05, 4.69) is 33.9 Å². The van der Waals surface area contributed by atoms with E-state index in [9.17, 15) is 4.79 Å². The predicted molar refractivity (Wildman–Crippen MR) is 87.2 cm³/mol. The van der Waals surface area contributed by atoms with E-state index >= 15 is 0 Å². The molecule has 3 heterocycles. The van der Waals surface area contributed by atoms with Crippen LogP contribution in [0.4, 0.5) is 0 Å². The summed E-state index contributed by atoms with van der Waals surface area (Å²) in [5.41, 5.74) is 1.31. The number of thiophene rings is 1. The minimum absolute atomic E-state index is 0.00241. The van der Waals surface area contributed by atoms with Crippen molar-refractivity contribution in [1.29, 1.82) is 0 Å². The van der Waals surface area contributed by atoms with E-state index in [1.165, 1.54) is 10.4 Å². The van der Waals surface area contributed by atoms with Crippen molar-refractivity contribution in [3.05, 3.63) is 33.0 Å². The Hall–Kier alpha value is -1.69. The van der Waals surface area contributed by atoms with Gasteiger partial charge in [0.1, 0.15) is 5.82 Å². The van der Waals surface area contributed by atoms with E-state index in [4.69, 9.17) is 0 Å². The van der Waals surface area contributed by atoms with Crippen molar-refractivity contribution in [2.45, 2.75) is 59.0 Å². The van der Waals surface area contributed by atoms with Crippen molar-refractivity contribution >= 4 is 17.2 Å². The molecule has 1 N–H and O–H groups in total. The molecule has 0 saturated heterocycles. The normalized spacial score (nSPS) is 13.4. The van der Waals surface area contributed by atoms with Gasteiger partial charge in [-0.1, -0.05) is 20.3 Å². The van der Waals surface area contributed by atoms with Crippen LogP contribution in [0.25, 0.3) is 0 Å². The second kappa shape index (κ2) is 6.60. The lowest BCUT2D eigenvalue weighted by Gasteiger charge is -2.04. The Labute approximate surface area is 134 Å². The number of rotatable bonds is 6. The SMILES string of the molecule is CCCc1sc(C(=O)NCc2nnc3n2CCC3)cc1CC. The molecule has 1 amide bonds. The highest BCUT2D eigenvalue weighted by Gasteiger charge is 2.18. The number of fused-ring (bicyclic) bond motifs is 1. The van der Waals surface area contributed by atoms with Crippen LogP contribution >= 0.6 is 11.3 Å². The average Bonchev–Trinajstić information content (AvgIpc) is 3.20. The molecule has 2 aromatic heterocycles. The Morgan fingerprint density at radius 1 is 1.41 bits per heavy atom. The Morgan fingerprint density at radius 3 is 3.05 bits per heavy atom. The number of carbonyl (C=O) groups is 1. The van der Waals surface area contributed by atoms with E-state index in [0.29, 0.717) is 6.54 Å². The summed E-state index contributed by atoms with van der Waals surface area (Å²) >= 11 is 1.62. The topological polar surface area (TPSA) is 59.8 Å². The fourth-order valence-electron chi connectivity index (χ4n) is 2.90. The van der Waals surface area contributed by atoms with E-state index in [-0.39, 0.29) is 5.91 Å². The first-order valence-corrected chi connectivity index (χ1v) is 8.85. The van der Waals surface area contributed by atoms with Gasteiger partial charge in [-0.15, -0.1) is 21.5 Å². The maximum atomic E-state index is 12.4. The molecule has 1 aliphatic heterocycles. The molecule has 0 radical (unpaired) electrons. The highest BCUT2D eigenvalue weighted by Crippen LogP contribution is 2.24. The molecule has 0 unspecified atom stereocenters. The zero-order valence-electron chi connectivity index (χ0n) is 13.2. The maximum absolute atomic E-state index is 12.4. The maximum Gasteiger partial charge on any atom is 0.261 e. The van der Waals surface area contributed by atoms with Gasteiger partial charge in [-0.2, -0.15) is 0 Å². The summed E-state index contributed by atoms with van der Waals surface area (Å²) < 4.78 is 2.12. The lowest BCUT2D eigenvalue weighted by Crippen LogP contribution is -2.23. The first-order valence-electron chi connectivity index (χ1n) is 8.03. The fourth-order valence-corrected chi connectivity index (χ4v) is 4.18. The van der Waals surface area contributed by atoms with Crippen LogP contribution in [0, 0.1) is 0 Å². The number of nitrogens with one attached hydrogen (secondary N) is 1. The molecule has 1 aliphatic rings. The van der Waals surface area contributed by atoms with Gasteiger partial charge in [0.15, 0.2) is 5.82 Å². The summed E-state index contributed by atoms with van der Waals surface area (Å²) in [5.74, 6) is 1.90. The van der Waals surface area contributed by atoms with Crippen LogP contribution in [-0.2, 0) is 32.4 Å². The standard InChI is InChI=1S/C16H22N4OS/c1-3-6-12-11(4-2)9-13(22-12)16(21)17-10-15-19-18-14-7-5-8-20(14)15/h9H,3-8,10H2,1-2H3,(H,17,21). The fraction of sp³-hybridized carbons (Fsp3) is 0.562. The van der Waals surface area contributed by atoms with Crippen LogP contribution in [-0.4, -0.2) is 20.7 Å². The second-order valence-corrected chi connectivity index (χ2v) is 6.77. The molecule has 0 spiro atoms. The molecular formula is C16H22N4OS. The zero-order chi connectivity index (χ0) is 15.5. The van der Waals surface area contributed by atoms with Crippen LogP contribution in [0.1, 0.15) is 58.5 Å². The van der Waals surface area contributed by atoms with Gasteiger partial charge < -0.3 is 9.88 Å². The van der Waals surface area contributed by atoms with Crippen molar-refractivity contribution in [1.82, 2.24) is 20.1 Å². The third-order valence-electron chi connectivity index (χ3n) is 4.07. The Bertz CT molecular complexity index is 674. The number of carbonyl (C=O) groups excluding carboxylic acids is 1. The van der Waals surface area contributed by atoms with Gasteiger partial charge in [-0.25, -0.2) is 0 Å². The third kappa shape index (κ3) is 2.92. The molecule has 6 heteroatoms. The summed E-state index contributed by atoms with van der Waals surface area (Å²) in [4.78, 5) is 14.5. The monoisotopic (exact) mass is 318 g/mol. The molecule has 0 bridgehead atoms. The largest absolute Gasteiger partial charge is 0.344 e. The zero-order valence-corrected chi connectivity index (χ0v) is 14.0. The van der Waals surface area contributed by atoms with Gasteiger partial charge in [-0.3, -0.25) is 4.79 Å². The van der Waals surface area contributed by atoms with Gasteiger partial charge in [0.2, 0.25) is 0 Å². The van der Waals surface area contributed by atoms with Gasteiger partial charge in [0.25, 0.3) is 5.91 Å². The minimum atomic E-state index is -0.00241. The molecule has 0 aliphatic carbocycles. The van der Waals surface area contributed by atoms with Gasteiger partial charge in [0.05, 0.1) is 11.4 Å². The molecule has 0 fully saturated rings. The number of nitrogens with zero attached hydrogens (tertiary/aromatic N) is 3. The van der Waals surface area contributed by atoms with Crippen LogP contribution in [0.2, 0.25) is 0 Å². The number of aromatic nitrogens is 3. The van der Waals surface area contributed by atoms with E-state index in [1.807, 2.05) is 6.07 Å². The summed E-state index contributed by atoms with van der Waals surface area (Å²) in [6.45, 7) is 5.73. The quantitative estimate of drug-likeness (QED) is 0.891. The van der Waals surface area contributed by atoms with Gasteiger partial charge >= 0.3 is 0 Å². The predicted octanol–water partition coefficient (Wildman–Crippen LogP) is 2.73. The molecule has 0 saturated carbocycles. The Kier molecular flexibility index (Phi) is 4.57. The van der Waals surface area contributed by atoms with Crippen molar-refractivity contribution in [3.63, 3.8) is 0 Å². The Balaban J connectivity index is 1.66. The first-order chi connectivity index (χ1) is 10.7. The second-order valence-electron chi connectivity index (χ2n) is 5.63. The number of hydrogen-bond acceptors (Lipinski definition) is 4. The average molecular weight is 318 g/mol. The summed E-state index contributed by atoms with van der Waals surface area (Å²) in [5, 5.41) is 11.3. The van der Waals surface area contributed by atoms with Gasteiger partial charge in [0, 0.05) is 17.8 Å². The molecule has 5 nitrogen and oxygen atoms in total. The molecule has 0 atom stereocenters. The van der Waals surface area contributed by atoms with Crippen molar-refractivity contribution in [2.24, 2.45) is 0 Å². The van der Waals surface area contributed by atoms with E-state index in [0.717, 1.165) is 55.2 Å². The van der Waals surface area contributed by atoms with Crippen molar-refractivity contribution in [2.75, 3.05) is 0 Å². The van der Waals surface area contributed by atoms with E-state index < -0.39 is 0 Å². The summed E-state index contributed by atoms with van der Waals surface area (Å²) in [7, 11) is 0. The number of amides is 1. The van der Waals surface area contributed by atoms with Crippen molar-refractivity contribution in [3.8, 4) is 0 Å². The lowest BCUT2D eigenvalue weighted by molar-refractivity contribution is 0.0953. The van der Waals surface area contributed by atoms with Crippen LogP contribution in [0.3, 0.4) is 0 Å². The number of aryl methyl sites for hydroxylation is 3. The molecule has 22 heavy (non-hydrogen) atoms. The third-order valence-corrected chi connectivity index (χ3v) is 5.31. The molecule has 3 rings (SSSR count). The van der Waals surface area contributed by atoms with Crippen LogP contribution in [0.15, 0.2) is 6.07 Å². The first kappa shape index (κ1) is 15.2. The molecular weight excluding hydrogens is 296 g/mol. The Morgan fingerprint density at radius 2 is 2.27 bits per heavy atom. The lowest BCUT2D eigenvalue weighted by atomic mass is 10.1. The molecule has 0 aromatic carbocycles. The highest BCUT2D eigenvalue weighted by molar-refractivity contribution is 7.14. The van der Waals surface area contributed by atoms with Gasteiger partial charge in [-0.05, 0) is 30.9 Å². The smallest absolute Gasteiger partial charge is 0.261 e. The molecule has 2 aromatic rings. The minimum Gasteiger partial charge on any atom is -0.344 e. The highest BCUT2D eigenvalue weighted by atomic mass is 32.1. The molecule has 118 valence electrons.